The molecule has 1 amide bonds. The van der Waals surface area contributed by atoms with E-state index in [1.54, 1.807) is 0 Å². The number of nitrogens with one attached hydrogen (secondary N) is 1. The molecule has 0 aliphatic rings. The van der Waals surface area contributed by atoms with Crippen molar-refractivity contribution in [3.8, 4) is 11.5 Å². The summed E-state index contributed by atoms with van der Waals surface area (Å²) in [4.78, 5) is 12.4. The molecule has 0 aliphatic carbocycles. The second-order valence-electron chi connectivity index (χ2n) is 6.66. The van der Waals surface area contributed by atoms with Crippen LogP contribution in [0.4, 0.5) is 0 Å². The van der Waals surface area contributed by atoms with E-state index in [-0.39, 0.29) is 5.91 Å². The molecule has 0 bridgehead atoms. The predicted octanol–water partition coefficient (Wildman–Crippen LogP) is 4.47. The van der Waals surface area contributed by atoms with Gasteiger partial charge < -0.3 is 14.8 Å². The smallest absolute Gasteiger partial charge is 0.261 e. The zero-order valence-electron chi connectivity index (χ0n) is 16.1. The first-order chi connectivity index (χ1) is 12.5. The quantitative estimate of drug-likeness (QED) is 0.675. The number of ether oxygens (including phenoxy) is 2. The van der Waals surface area contributed by atoms with Crippen LogP contribution in [0, 0.1) is 6.92 Å². The van der Waals surface area contributed by atoms with E-state index in [4.69, 9.17) is 9.47 Å². The highest BCUT2D eigenvalue weighted by Gasteiger charge is 2.18. The van der Waals surface area contributed by atoms with E-state index in [0.29, 0.717) is 31.2 Å². The molecule has 0 saturated heterocycles. The second kappa shape index (κ2) is 9.85. The molecule has 26 heavy (non-hydrogen) atoms. The molecule has 1 N–H and O–H groups in total. The molecule has 0 spiro atoms. The van der Waals surface area contributed by atoms with Gasteiger partial charge in [0.1, 0.15) is 18.1 Å². The van der Waals surface area contributed by atoms with Crippen LogP contribution in [0.1, 0.15) is 44.2 Å². The third kappa shape index (κ3) is 5.80. The number of carbonyl (C=O) groups is 1. The highest BCUT2D eigenvalue weighted by molar-refractivity contribution is 5.81. The number of hydrogen-bond acceptors (Lipinski definition) is 3. The van der Waals surface area contributed by atoms with Gasteiger partial charge in [-0.2, -0.15) is 0 Å². The molecule has 2 rings (SSSR count). The van der Waals surface area contributed by atoms with Crippen LogP contribution in [-0.4, -0.2) is 25.2 Å². The van der Waals surface area contributed by atoms with Gasteiger partial charge in [-0.05, 0) is 48.6 Å². The molecule has 4 heteroatoms. The summed E-state index contributed by atoms with van der Waals surface area (Å²) in [5.41, 5.74) is 2.28. The van der Waals surface area contributed by atoms with Crippen LogP contribution >= 0.6 is 0 Å². The molecule has 0 unspecified atom stereocenters. The average molecular weight is 355 g/mol. The van der Waals surface area contributed by atoms with Crippen LogP contribution in [0.5, 0.6) is 11.5 Å². The van der Waals surface area contributed by atoms with E-state index in [2.05, 4.69) is 25.2 Å². The number of rotatable bonds is 9. The Hall–Kier alpha value is -2.49. The Bertz CT molecular complexity index is 712. The lowest BCUT2D eigenvalue weighted by Gasteiger charge is -2.18. The van der Waals surface area contributed by atoms with Crippen molar-refractivity contribution >= 4 is 5.91 Å². The van der Waals surface area contributed by atoms with Gasteiger partial charge in [-0.25, -0.2) is 0 Å². The number of amides is 1. The molecule has 0 aromatic heterocycles. The molecular formula is C22H29NO3. The number of benzene rings is 2. The molecule has 0 saturated carbocycles. The van der Waals surface area contributed by atoms with Crippen LogP contribution in [0.2, 0.25) is 0 Å². The molecule has 0 aliphatic heterocycles. The monoisotopic (exact) mass is 355 g/mol. The summed E-state index contributed by atoms with van der Waals surface area (Å²) in [6.45, 7) is 9.09. The first-order valence-electron chi connectivity index (χ1n) is 9.24. The lowest BCUT2D eigenvalue weighted by molar-refractivity contribution is -0.128. The van der Waals surface area contributed by atoms with Crippen molar-refractivity contribution in [2.24, 2.45) is 0 Å². The third-order valence-corrected chi connectivity index (χ3v) is 4.13. The van der Waals surface area contributed by atoms with Gasteiger partial charge in [0, 0.05) is 0 Å². The Morgan fingerprint density at radius 1 is 1.12 bits per heavy atom. The molecule has 0 heterocycles. The number of aryl methyl sites for hydroxylation is 1. The predicted molar refractivity (Wildman–Crippen MR) is 105 cm³/mol. The number of para-hydroxylation sites is 1. The molecule has 1 atom stereocenters. The topological polar surface area (TPSA) is 47.6 Å². The van der Waals surface area contributed by atoms with Crippen molar-refractivity contribution in [3.05, 3.63) is 59.7 Å². The minimum atomic E-state index is -0.500. The normalized spacial score (nSPS) is 11.9. The van der Waals surface area contributed by atoms with Crippen LogP contribution < -0.4 is 14.8 Å². The van der Waals surface area contributed by atoms with Gasteiger partial charge in [-0.3, -0.25) is 4.79 Å². The van der Waals surface area contributed by atoms with Gasteiger partial charge in [0.25, 0.3) is 5.91 Å². The zero-order valence-corrected chi connectivity index (χ0v) is 16.1. The van der Waals surface area contributed by atoms with Crippen molar-refractivity contribution < 1.29 is 14.3 Å². The van der Waals surface area contributed by atoms with Crippen LogP contribution in [0.25, 0.3) is 0 Å². The van der Waals surface area contributed by atoms with Gasteiger partial charge in [0.05, 0.1) is 6.54 Å². The lowest BCUT2D eigenvalue weighted by atomic mass is 10.0. The molecule has 0 radical (unpaired) electrons. The third-order valence-electron chi connectivity index (χ3n) is 4.13. The summed E-state index contributed by atoms with van der Waals surface area (Å²) in [5.74, 6) is 1.87. The van der Waals surface area contributed by atoms with E-state index in [9.17, 15) is 4.79 Å². The average Bonchev–Trinajstić information content (AvgIpc) is 2.63. The maximum Gasteiger partial charge on any atom is 0.261 e. The van der Waals surface area contributed by atoms with Crippen molar-refractivity contribution in [3.63, 3.8) is 0 Å². The zero-order chi connectivity index (χ0) is 18.9. The SMILES string of the molecule is CC[C@@H](Oc1cccc(C)c1)C(=O)NCCOc1ccccc1C(C)C. The number of carbonyl (C=O) groups excluding carboxylic acids is 1. The molecule has 2 aromatic rings. The van der Waals surface area contributed by atoms with E-state index in [0.717, 1.165) is 11.3 Å². The van der Waals surface area contributed by atoms with Gasteiger partial charge >= 0.3 is 0 Å². The molecule has 4 nitrogen and oxygen atoms in total. The standard InChI is InChI=1S/C22H29NO3/c1-5-20(26-18-10-8-9-17(4)15-18)22(24)23-13-14-25-21-12-7-6-11-19(21)16(2)3/h6-12,15-16,20H,5,13-14H2,1-4H3,(H,23,24)/t20-/m1/s1. The summed E-state index contributed by atoms with van der Waals surface area (Å²) in [6, 6.07) is 15.7. The Morgan fingerprint density at radius 3 is 2.58 bits per heavy atom. The summed E-state index contributed by atoms with van der Waals surface area (Å²) in [5, 5.41) is 2.90. The summed E-state index contributed by atoms with van der Waals surface area (Å²) >= 11 is 0. The van der Waals surface area contributed by atoms with Gasteiger partial charge in [-0.1, -0.05) is 51.1 Å². The maximum atomic E-state index is 12.4. The van der Waals surface area contributed by atoms with E-state index in [1.165, 1.54) is 5.56 Å². The largest absolute Gasteiger partial charge is 0.491 e. The minimum Gasteiger partial charge on any atom is -0.491 e. The summed E-state index contributed by atoms with van der Waals surface area (Å²) < 4.78 is 11.7. The maximum absolute atomic E-state index is 12.4. The fraction of sp³-hybridized carbons (Fsp3) is 0.409. The van der Waals surface area contributed by atoms with Gasteiger partial charge in [0.15, 0.2) is 6.10 Å². The van der Waals surface area contributed by atoms with Crippen LogP contribution in [0.15, 0.2) is 48.5 Å². The molecule has 0 fully saturated rings. The number of hydrogen-bond donors (Lipinski definition) is 1. The first-order valence-corrected chi connectivity index (χ1v) is 9.24. The molecule has 2 aromatic carbocycles. The Kier molecular flexibility index (Phi) is 7.52. The highest BCUT2D eigenvalue weighted by atomic mass is 16.5. The van der Waals surface area contributed by atoms with E-state index < -0.39 is 6.10 Å². The fourth-order valence-corrected chi connectivity index (χ4v) is 2.71. The summed E-state index contributed by atoms with van der Waals surface area (Å²) in [7, 11) is 0. The molecule has 140 valence electrons. The van der Waals surface area contributed by atoms with Gasteiger partial charge in [-0.15, -0.1) is 0 Å². The highest BCUT2D eigenvalue weighted by Crippen LogP contribution is 2.25. The van der Waals surface area contributed by atoms with E-state index in [1.807, 2.05) is 56.3 Å². The fourth-order valence-electron chi connectivity index (χ4n) is 2.71. The Morgan fingerprint density at radius 2 is 1.88 bits per heavy atom. The lowest BCUT2D eigenvalue weighted by Crippen LogP contribution is -2.39. The first kappa shape index (κ1) is 19.8. The van der Waals surface area contributed by atoms with Crippen molar-refractivity contribution in [2.45, 2.75) is 46.1 Å². The van der Waals surface area contributed by atoms with Crippen molar-refractivity contribution in [1.29, 1.82) is 0 Å². The van der Waals surface area contributed by atoms with Crippen molar-refractivity contribution in [2.75, 3.05) is 13.2 Å². The minimum absolute atomic E-state index is 0.116. The van der Waals surface area contributed by atoms with Crippen LogP contribution in [-0.2, 0) is 4.79 Å². The summed E-state index contributed by atoms with van der Waals surface area (Å²) in [6.07, 6.45) is 0.108. The van der Waals surface area contributed by atoms with E-state index >= 15 is 0 Å². The van der Waals surface area contributed by atoms with Crippen molar-refractivity contribution in [1.82, 2.24) is 5.32 Å². The molecular weight excluding hydrogens is 326 g/mol. The Balaban J connectivity index is 1.82. The van der Waals surface area contributed by atoms with Crippen LogP contribution in [0.3, 0.4) is 0 Å². The van der Waals surface area contributed by atoms with Gasteiger partial charge in [0.2, 0.25) is 0 Å². The second-order valence-corrected chi connectivity index (χ2v) is 6.66. The Labute approximate surface area is 156 Å².